The zero-order valence-electron chi connectivity index (χ0n) is 9.42. The summed E-state index contributed by atoms with van der Waals surface area (Å²) in [6, 6.07) is 1.55. The molecule has 3 nitrogen and oxygen atoms in total. The van der Waals surface area contributed by atoms with Gasteiger partial charge in [0.2, 0.25) is 0 Å². The first-order valence-corrected chi connectivity index (χ1v) is 5.73. The van der Waals surface area contributed by atoms with Crippen molar-refractivity contribution in [2.75, 3.05) is 0 Å². The van der Waals surface area contributed by atoms with Crippen molar-refractivity contribution >= 4 is 0 Å². The molecule has 0 spiro atoms. The standard InChI is InChI=1S/C12H18N2O/c1-8-3-5-10(6-4-8)12-13-9(2)7-11(15)14-12/h7-8,10H,3-6H2,1-2H3,(H,13,14,15). The first-order valence-electron chi connectivity index (χ1n) is 5.73. The molecule has 1 aliphatic carbocycles. The molecule has 15 heavy (non-hydrogen) atoms. The van der Waals surface area contributed by atoms with Crippen LogP contribution in [-0.2, 0) is 0 Å². The van der Waals surface area contributed by atoms with E-state index in [1.54, 1.807) is 6.07 Å². The van der Waals surface area contributed by atoms with Crippen LogP contribution in [0.1, 0.15) is 50.0 Å². The van der Waals surface area contributed by atoms with Gasteiger partial charge < -0.3 is 4.98 Å². The SMILES string of the molecule is Cc1cc(=O)[nH]c(C2CCC(C)CC2)n1. The van der Waals surface area contributed by atoms with Gasteiger partial charge in [-0.2, -0.15) is 0 Å². The van der Waals surface area contributed by atoms with E-state index in [0.717, 1.165) is 30.3 Å². The average molecular weight is 206 g/mol. The average Bonchev–Trinajstić information content (AvgIpc) is 2.17. The number of H-pyrrole nitrogens is 1. The maximum Gasteiger partial charge on any atom is 0.251 e. The number of rotatable bonds is 1. The monoisotopic (exact) mass is 206 g/mol. The first-order chi connectivity index (χ1) is 7.15. The molecule has 1 heterocycles. The van der Waals surface area contributed by atoms with Gasteiger partial charge in [-0.1, -0.05) is 19.8 Å². The number of hydrogen-bond donors (Lipinski definition) is 1. The Bertz CT molecular complexity index is 389. The largest absolute Gasteiger partial charge is 0.310 e. The quantitative estimate of drug-likeness (QED) is 0.766. The Balaban J connectivity index is 2.19. The normalized spacial score (nSPS) is 26.5. The van der Waals surface area contributed by atoms with Crippen molar-refractivity contribution in [3.63, 3.8) is 0 Å². The van der Waals surface area contributed by atoms with E-state index in [2.05, 4.69) is 16.9 Å². The van der Waals surface area contributed by atoms with Crippen LogP contribution >= 0.6 is 0 Å². The minimum atomic E-state index is -0.0175. The third-order valence-corrected chi connectivity index (χ3v) is 3.29. The zero-order chi connectivity index (χ0) is 10.8. The Kier molecular flexibility index (Phi) is 2.89. The molecule has 0 aliphatic heterocycles. The summed E-state index contributed by atoms with van der Waals surface area (Å²) in [5, 5.41) is 0. The highest BCUT2D eigenvalue weighted by atomic mass is 16.1. The zero-order valence-corrected chi connectivity index (χ0v) is 9.42. The molecule has 0 radical (unpaired) electrons. The van der Waals surface area contributed by atoms with Crippen molar-refractivity contribution in [1.29, 1.82) is 0 Å². The molecular formula is C12H18N2O. The molecule has 0 bridgehead atoms. The van der Waals surface area contributed by atoms with E-state index in [4.69, 9.17) is 0 Å². The van der Waals surface area contributed by atoms with Crippen molar-refractivity contribution in [2.24, 2.45) is 5.92 Å². The Morgan fingerprint density at radius 1 is 1.33 bits per heavy atom. The summed E-state index contributed by atoms with van der Waals surface area (Å²) >= 11 is 0. The highest BCUT2D eigenvalue weighted by Crippen LogP contribution is 2.33. The van der Waals surface area contributed by atoms with E-state index in [1.165, 1.54) is 12.8 Å². The number of hydrogen-bond acceptors (Lipinski definition) is 2. The molecule has 0 unspecified atom stereocenters. The smallest absolute Gasteiger partial charge is 0.251 e. The Morgan fingerprint density at radius 2 is 2.00 bits per heavy atom. The number of nitrogens with one attached hydrogen (secondary N) is 1. The van der Waals surface area contributed by atoms with E-state index in [1.807, 2.05) is 6.92 Å². The van der Waals surface area contributed by atoms with Crippen molar-refractivity contribution in [3.8, 4) is 0 Å². The van der Waals surface area contributed by atoms with Crippen LogP contribution in [0.15, 0.2) is 10.9 Å². The lowest BCUT2D eigenvalue weighted by molar-refractivity contribution is 0.339. The fraction of sp³-hybridized carbons (Fsp3) is 0.667. The number of aromatic amines is 1. The van der Waals surface area contributed by atoms with Gasteiger partial charge in [-0.3, -0.25) is 4.79 Å². The van der Waals surface area contributed by atoms with Gasteiger partial charge in [-0.05, 0) is 25.7 Å². The molecular weight excluding hydrogens is 188 g/mol. The topological polar surface area (TPSA) is 45.8 Å². The van der Waals surface area contributed by atoms with Gasteiger partial charge in [0, 0.05) is 17.7 Å². The second kappa shape index (κ2) is 4.17. The summed E-state index contributed by atoms with van der Waals surface area (Å²) in [6.07, 6.45) is 4.83. The molecule has 0 amide bonds. The van der Waals surface area contributed by atoms with Crippen LogP contribution < -0.4 is 5.56 Å². The molecule has 3 heteroatoms. The molecule has 1 saturated carbocycles. The third-order valence-electron chi connectivity index (χ3n) is 3.29. The minimum Gasteiger partial charge on any atom is -0.310 e. The van der Waals surface area contributed by atoms with E-state index in [9.17, 15) is 4.79 Å². The molecule has 1 fully saturated rings. The molecule has 82 valence electrons. The summed E-state index contributed by atoms with van der Waals surface area (Å²) < 4.78 is 0. The van der Waals surface area contributed by atoms with Crippen LogP contribution in [-0.4, -0.2) is 9.97 Å². The lowest BCUT2D eigenvalue weighted by Crippen LogP contribution is -2.18. The maximum absolute atomic E-state index is 11.3. The van der Waals surface area contributed by atoms with Crippen molar-refractivity contribution < 1.29 is 0 Å². The summed E-state index contributed by atoms with van der Waals surface area (Å²) in [5.74, 6) is 2.19. The van der Waals surface area contributed by atoms with E-state index in [0.29, 0.717) is 5.92 Å². The predicted molar refractivity (Wildman–Crippen MR) is 60.0 cm³/mol. The fourth-order valence-electron chi connectivity index (χ4n) is 2.33. The molecule has 2 rings (SSSR count). The van der Waals surface area contributed by atoms with E-state index >= 15 is 0 Å². The van der Waals surface area contributed by atoms with Gasteiger partial charge in [0.25, 0.3) is 5.56 Å². The number of aromatic nitrogens is 2. The second-order valence-corrected chi connectivity index (χ2v) is 4.73. The molecule has 1 aromatic heterocycles. The van der Waals surface area contributed by atoms with Crippen LogP contribution in [0.4, 0.5) is 0 Å². The maximum atomic E-state index is 11.3. The second-order valence-electron chi connectivity index (χ2n) is 4.73. The Labute approximate surface area is 89.9 Å². The van der Waals surface area contributed by atoms with Gasteiger partial charge in [0.05, 0.1) is 0 Å². The molecule has 1 aliphatic rings. The molecule has 0 aromatic carbocycles. The van der Waals surface area contributed by atoms with Gasteiger partial charge in [0.1, 0.15) is 5.82 Å². The van der Waals surface area contributed by atoms with Gasteiger partial charge >= 0.3 is 0 Å². The predicted octanol–water partition coefficient (Wildman–Crippen LogP) is 2.37. The summed E-state index contributed by atoms with van der Waals surface area (Å²) in [7, 11) is 0. The minimum absolute atomic E-state index is 0.0175. The molecule has 0 saturated heterocycles. The van der Waals surface area contributed by atoms with Crippen molar-refractivity contribution in [1.82, 2.24) is 9.97 Å². The fourth-order valence-corrected chi connectivity index (χ4v) is 2.33. The highest BCUT2D eigenvalue weighted by Gasteiger charge is 2.21. The van der Waals surface area contributed by atoms with Crippen molar-refractivity contribution in [3.05, 3.63) is 27.9 Å². The molecule has 1 N–H and O–H groups in total. The van der Waals surface area contributed by atoms with E-state index < -0.39 is 0 Å². The summed E-state index contributed by atoms with van der Waals surface area (Å²) in [6.45, 7) is 4.17. The van der Waals surface area contributed by atoms with Crippen LogP contribution in [0.3, 0.4) is 0 Å². The summed E-state index contributed by atoms with van der Waals surface area (Å²) in [5.41, 5.74) is 0.809. The van der Waals surface area contributed by atoms with Crippen molar-refractivity contribution in [2.45, 2.75) is 45.4 Å². The van der Waals surface area contributed by atoms with Crippen LogP contribution in [0.25, 0.3) is 0 Å². The van der Waals surface area contributed by atoms with E-state index in [-0.39, 0.29) is 5.56 Å². The first kappa shape index (κ1) is 10.4. The third kappa shape index (κ3) is 2.46. The van der Waals surface area contributed by atoms with Gasteiger partial charge in [-0.25, -0.2) is 4.98 Å². The van der Waals surface area contributed by atoms with Gasteiger partial charge in [-0.15, -0.1) is 0 Å². The lowest BCUT2D eigenvalue weighted by atomic mass is 9.82. The van der Waals surface area contributed by atoms with Crippen LogP contribution in [0, 0.1) is 12.8 Å². The number of nitrogens with zero attached hydrogens (tertiary/aromatic N) is 1. The molecule has 0 atom stereocenters. The Hall–Kier alpha value is -1.12. The Morgan fingerprint density at radius 3 is 2.60 bits per heavy atom. The summed E-state index contributed by atoms with van der Waals surface area (Å²) in [4.78, 5) is 18.6. The van der Waals surface area contributed by atoms with Crippen LogP contribution in [0.5, 0.6) is 0 Å². The van der Waals surface area contributed by atoms with Crippen LogP contribution in [0.2, 0.25) is 0 Å². The number of aryl methyl sites for hydroxylation is 1. The van der Waals surface area contributed by atoms with Gasteiger partial charge in [0.15, 0.2) is 0 Å². The molecule has 1 aromatic rings. The lowest BCUT2D eigenvalue weighted by Gasteiger charge is -2.25. The highest BCUT2D eigenvalue weighted by molar-refractivity contribution is 5.05.